The number of anilines is 1. The molecule has 0 saturated heterocycles. The summed E-state index contributed by atoms with van der Waals surface area (Å²) in [6, 6.07) is 11.8. The van der Waals surface area contributed by atoms with E-state index < -0.39 is 34.5 Å². The third kappa shape index (κ3) is 6.82. The highest BCUT2D eigenvalue weighted by Crippen LogP contribution is 2.22. The lowest BCUT2D eigenvalue weighted by Gasteiger charge is -2.33. The number of rotatable bonds is 10. The van der Waals surface area contributed by atoms with Crippen molar-refractivity contribution in [3.63, 3.8) is 0 Å². The lowest BCUT2D eigenvalue weighted by Crippen LogP contribution is -2.53. The Hall–Kier alpha value is -2.98. The number of hydrogen-bond donors (Lipinski definition) is 1. The molecule has 1 aliphatic carbocycles. The van der Waals surface area contributed by atoms with Crippen LogP contribution in [0.1, 0.15) is 43.7 Å². The summed E-state index contributed by atoms with van der Waals surface area (Å²) in [5, 5.41) is 3.03. The zero-order valence-corrected chi connectivity index (χ0v) is 22.1. The van der Waals surface area contributed by atoms with Crippen molar-refractivity contribution < 1.29 is 22.4 Å². The van der Waals surface area contributed by atoms with Crippen LogP contribution in [0.2, 0.25) is 0 Å². The van der Waals surface area contributed by atoms with Crippen molar-refractivity contribution in [1.82, 2.24) is 14.5 Å². The van der Waals surface area contributed by atoms with E-state index in [2.05, 4.69) is 5.32 Å². The van der Waals surface area contributed by atoms with Gasteiger partial charge in [-0.1, -0.05) is 42.7 Å². The van der Waals surface area contributed by atoms with Gasteiger partial charge in [0.1, 0.15) is 18.4 Å². The van der Waals surface area contributed by atoms with E-state index in [0.29, 0.717) is 0 Å². The van der Waals surface area contributed by atoms with Gasteiger partial charge in [0.25, 0.3) is 0 Å². The first kappa shape index (κ1) is 27.6. The Bertz CT molecular complexity index is 1150. The van der Waals surface area contributed by atoms with Gasteiger partial charge in [0.15, 0.2) is 0 Å². The average molecular weight is 519 g/mol. The quantitative estimate of drug-likeness (QED) is 0.523. The summed E-state index contributed by atoms with van der Waals surface area (Å²) >= 11 is 0. The Morgan fingerprint density at radius 1 is 1.03 bits per heavy atom. The maximum atomic E-state index is 13.7. The largest absolute Gasteiger partial charge is 0.352 e. The predicted molar refractivity (Wildman–Crippen MR) is 138 cm³/mol. The second kappa shape index (κ2) is 11.8. The SMILES string of the molecule is Cc1ccc(CN(C(=O)CN(c2ccc(F)cc2)S(=O)(=O)N(C)C)[C@H](C)C(=O)NC2CCCC2)cc1. The fourth-order valence-corrected chi connectivity index (χ4v) is 5.24. The normalized spacial score (nSPS) is 15.1. The minimum absolute atomic E-state index is 0.0844. The Labute approximate surface area is 213 Å². The van der Waals surface area contributed by atoms with E-state index in [1.165, 1.54) is 31.1 Å². The van der Waals surface area contributed by atoms with E-state index in [4.69, 9.17) is 0 Å². The molecule has 10 heteroatoms. The molecule has 1 N–H and O–H groups in total. The van der Waals surface area contributed by atoms with Crippen LogP contribution in [-0.4, -0.2) is 62.2 Å². The van der Waals surface area contributed by atoms with Crippen LogP contribution in [0.5, 0.6) is 0 Å². The summed E-state index contributed by atoms with van der Waals surface area (Å²) < 4.78 is 41.7. The van der Waals surface area contributed by atoms with Gasteiger partial charge in [-0.3, -0.25) is 9.59 Å². The van der Waals surface area contributed by atoms with Crippen LogP contribution in [0.25, 0.3) is 0 Å². The molecule has 0 bridgehead atoms. The molecule has 0 unspecified atom stereocenters. The van der Waals surface area contributed by atoms with Crippen LogP contribution in [0.3, 0.4) is 0 Å². The van der Waals surface area contributed by atoms with Gasteiger partial charge in [0, 0.05) is 26.7 Å². The molecule has 1 saturated carbocycles. The van der Waals surface area contributed by atoms with Crippen molar-refractivity contribution in [3.8, 4) is 0 Å². The van der Waals surface area contributed by atoms with Crippen LogP contribution < -0.4 is 9.62 Å². The molecule has 1 fully saturated rings. The maximum absolute atomic E-state index is 13.7. The number of carbonyl (C=O) groups is 2. The lowest BCUT2D eigenvalue weighted by molar-refractivity contribution is -0.139. The molecule has 8 nitrogen and oxygen atoms in total. The third-order valence-electron chi connectivity index (χ3n) is 6.48. The summed E-state index contributed by atoms with van der Waals surface area (Å²) in [6.07, 6.45) is 3.92. The molecule has 0 aromatic heterocycles. The van der Waals surface area contributed by atoms with Crippen molar-refractivity contribution in [2.45, 2.75) is 58.2 Å². The third-order valence-corrected chi connectivity index (χ3v) is 8.30. The molecule has 2 aromatic rings. The van der Waals surface area contributed by atoms with Gasteiger partial charge in [-0.25, -0.2) is 8.70 Å². The van der Waals surface area contributed by atoms with E-state index in [1.807, 2.05) is 31.2 Å². The van der Waals surface area contributed by atoms with E-state index in [9.17, 15) is 22.4 Å². The molecule has 36 heavy (non-hydrogen) atoms. The van der Waals surface area contributed by atoms with E-state index >= 15 is 0 Å². The van der Waals surface area contributed by atoms with Crippen molar-refractivity contribution >= 4 is 27.7 Å². The zero-order valence-electron chi connectivity index (χ0n) is 21.3. The van der Waals surface area contributed by atoms with Crippen LogP contribution in [-0.2, 0) is 26.3 Å². The molecular weight excluding hydrogens is 483 g/mol. The van der Waals surface area contributed by atoms with Crippen molar-refractivity contribution in [3.05, 3.63) is 65.5 Å². The lowest BCUT2D eigenvalue weighted by atomic mass is 10.1. The molecule has 1 aliphatic rings. The fourth-order valence-electron chi connectivity index (χ4n) is 4.19. The Morgan fingerprint density at radius 2 is 1.61 bits per heavy atom. The average Bonchev–Trinajstić information content (AvgIpc) is 3.35. The Morgan fingerprint density at radius 3 is 2.17 bits per heavy atom. The molecular formula is C26H35FN4O4S. The summed E-state index contributed by atoms with van der Waals surface area (Å²) in [4.78, 5) is 28.2. The summed E-state index contributed by atoms with van der Waals surface area (Å²) in [5.74, 6) is -1.34. The van der Waals surface area contributed by atoms with Crippen molar-refractivity contribution in [1.29, 1.82) is 0 Å². The first-order valence-electron chi connectivity index (χ1n) is 12.1. The van der Waals surface area contributed by atoms with Gasteiger partial charge < -0.3 is 10.2 Å². The minimum atomic E-state index is -4.08. The number of nitrogens with zero attached hydrogens (tertiary/aromatic N) is 3. The number of benzene rings is 2. The van der Waals surface area contributed by atoms with Crippen LogP contribution in [0, 0.1) is 12.7 Å². The molecule has 0 heterocycles. The molecule has 0 aliphatic heterocycles. The predicted octanol–water partition coefficient (Wildman–Crippen LogP) is 3.22. The number of nitrogens with one attached hydrogen (secondary N) is 1. The van der Waals surface area contributed by atoms with Crippen LogP contribution in [0.4, 0.5) is 10.1 Å². The first-order valence-corrected chi connectivity index (χ1v) is 13.5. The first-order chi connectivity index (χ1) is 17.0. The van der Waals surface area contributed by atoms with Crippen LogP contribution in [0.15, 0.2) is 48.5 Å². The van der Waals surface area contributed by atoms with E-state index in [-0.39, 0.29) is 24.2 Å². The van der Waals surface area contributed by atoms with Crippen LogP contribution >= 0.6 is 0 Å². The van der Waals surface area contributed by atoms with Gasteiger partial charge in [0.05, 0.1) is 5.69 Å². The standard InChI is InChI=1S/C26H35FN4O4S/c1-19-9-11-21(12-10-19)17-30(20(2)26(33)28-23-7-5-6-8-23)25(32)18-31(36(34,35)29(3)4)24-15-13-22(27)14-16-24/h9-16,20,23H,5-8,17-18H2,1-4H3,(H,28,33)/t20-/m1/s1. The molecule has 3 rings (SSSR count). The van der Waals surface area contributed by atoms with E-state index in [0.717, 1.165) is 57.6 Å². The number of halogens is 1. The van der Waals surface area contributed by atoms with E-state index in [1.54, 1.807) is 6.92 Å². The van der Waals surface area contributed by atoms with Gasteiger partial charge in [0.2, 0.25) is 11.8 Å². The highest BCUT2D eigenvalue weighted by atomic mass is 32.2. The second-order valence-corrected chi connectivity index (χ2v) is 11.5. The number of hydrogen-bond acceptors (Lipinski definition) is 4. The fraction of sp³-hybridized carbons (Fsp3) is 0.462. The van der Waals surface area contributed by atoms with Gasteiger partial charge in [-0.05, 0) is 56.5 Å². The molecule has 2 amide bonds. The monoisotopic (exact) mass is 518 g/mol. The summed E-state index contributed by atoms with van der Waals surface area (Å²) in [6.45, 7) is 3.20. The highest BCUT2D eigenvalue weighted by molar-refractivity contribution is 7.90. The smallest absolute Gasteiger partial charge is 0.304 e. The number of amides is 2. The summed E-state index contributed by atoms with van der Waals surface area (Å²) in [7, 11) is -1.36. The minimum Gasteiger partial charge on any atom is -0.352 e. The number of aryl methyl sites for hydroxylation is 1. The Balaban J connectivity index is 1.91. The molecule has 1 atom stereocenters. The van der Waals surface area contributed by atoms with Crippen molar-refractivity contribution in [2.75, 3.05) is 24.9 Å². The summed E-state index contributed by atoms with van der Waals surface area (Å²) in [5.41, 5.74) is 2.03. The number of carbonyl (C=O) groups excluding carboxylic acids is 2. The molecule has 2 aromatic carbocycles. The topological polar surface area (TPSA) is 90.0 Å². The maximum Gasteiger partial charge on any atom is 0.304 e. The molecule has 0 radical (unpaired) electrons. The molecule has 196 valence electrons. The Kier molecular flexibility index (Phi) is 9.08. The highest BCUT2D eigenvalue weighted by Gasteiger charge is 2.33. The second-order valence-electron chi connectivity index (χ2n) is 9.45. The zero-order chi connectivity index (χ0) is 26.5. The molecule has 0 spiro atoms. The van der Waals surface area contributed by atoms with Gasteiger partial charge in [-0.2, -0.15) is 12.7 Å². The van der Waals surface area contributed by atoms with Gasteiger partial charge in [-0.15, -0.1) is 0 Å². The van der Waals surface area contributed by atoms with Crippen molar-refractivity contribution in [2.24, 2.45) is 0 Å². The van der Waals surface area contributed by atoms with Gasteiger partial charge >= 0.3 is 10.2 Å².